The lowest BCUT2D eigenvalue weighted by molar-refractivity contribution is 0.0819. The van der Waals surface area contributed by atoms with Crippen LogP contribution in [-0.2, 0) is 4.74 Å². The monoisotopic (exact) mass is 272 g/mol. The minimum atomic E-state index is 0.406. The SMILES string of the molecule is COC1CCN(c2cc(Cl)nc(SC)c2)CC1. The van der Waals surface area contributed by atoms with Gasteiger partial charge in [-0.25, -0.2) is 4.98 Å². The van der Waals surface area contributed by atoms with Crippen molar-refractivity contribution in [1.29, 1.82) is 0 Å². The normalized spacial score (nSPS) is 17.5. The van der Waals surface area contributed by atoms with Crippen molar-refractivity contribution in [2.24, 2.45) is 0 Å². The Morgan fingerprint density at radius 1 is 1.41 bits per heavy atom. The highest BCUT2D eigenvalue weighted by Crippen LogP contribution is 2.27. The second-order valence-corrected chi connectivity index (χ2v) is 5.33. The van der Waals surface area contributed by atoms with Gasteiger partial charge in [-0.1, -0.05) is 11.6 Å². The first kappa shape index (κ1) is 13.0. The van der Waals surface area contributed by atoms with Gasteiger partial charge < -0.3 is 9.64 Å². The van der Waals surface area contributed by atoms with Crippen LogP contribution in [0.4, 0.5) is 5.69 Å². The van der Waals surface area contributed by atoms with Crippen LogP contribution in [0.2, 0.25) is 5.15 Å². The third-order valence-electron chi connectivity index (χ3n) is 3.10. The van der Waals surface area contributed by atoms with Crippen molar-refractivity contribution in [2.45, 2.75) is 24.0 Å². The summed E-state index contributed by atoms with van der Waals surface area (Å²) in [5.74, 6) is 0. The molecule has 0 aliphatic carbocycles. The molecule has 0 aromatic carbocycles. The maximum Gasteiger partial charge on any atom is 0.132 e. The molecule has 1 aromatic rings. The highest BCUT2D eigenvalue weighted by molar-refractivity contribution is 7.98. The van der Waals surface area contributed by atoms with Gasteiger partial charge in [-0.2, -0.15) is 0 Å². The summed E-state index contributed by atoms with van der Waals surface area (Å²) < 4.78 is 5.37. The molecule has 2 rings (SSSR count). The minimum Gasteiger partial charge on any atom is -0.381 e. The van der Waals surface area contributed by atoms with Gasteiger partial charge in [0.25, 0.3) is 0 Å². The number of pyridine rings is 1. The summed E-state index contributed by atoms with van der Waals surface area (Å²) in [6.07, 6.45) is 4.57. The maximum absolute atomic E-state index is 6.03. The van der Waals surface area contributed by atoms with E-state index in [1.807, 2.05) is 12.3 Å². The number of thioether (sulfide) groups is 1. The van der Waals surface area contributed by atoms with E-state index in [4.69, 9.17) is 16.3 Å². The molecule has 1 aliphatic heterocycles. The summed E-state index contributed by atoms with van der Waals surface area (Å²) >= 11 is 7.65. The number of hydrogen-bond donors (Lipinski definition) is 0. The Hall–Kier alpha value is -0.450. The molecule has 0 unspecified atom stereocenters. The molecule has 1 aromatic heterocycles. The number of aromatic nitrogens is 1. The molecular weight excluding hydrogens is 256 g/mol. The van der Waals surface area contributed by atoms with Crippen molar-refractivity contribution in [3.63, 3.8) is 0 Å². The number of halogens is 1. The summed E-state index contributed by atoms with van der Waals surface area (Å²) in [5.41, 5.74) is 1.17. The molecule has 0 radical (unpaired) electrons. The third-order valence-corrected chi connectivity index (χ3v) is 3.93. The number of anilines is 1. The Balaban J connectivity index is 2.10. The van der Waals surface area contributed by atoms with Gasteiger partial charge in [0.1, 0.15) is 5.15 Å². The standard InChI is InChI=1S/C12H17ClN2OS/c1-16-10-3-5-15(6-4-10)9-7-11(13)14-12(8-9)17-2/h7-8,10H,3-6H2,1-2H3. The van der Waals surface area contributed by atoms with Crippen molar-refractivity contribution in [3.05, 3.63) is 17.3 Å². The molecule has 0 N–H and O–H groups in total. The van der Waals surface area contributed by atoms with Crippen molar-refractivity contribution in [1.82, 2.24) is 4.98 Å². The molecule has 0 atom stereocenters. The Morgan fingerprint density at radius 2 is 2.12 bits per heavy atom. The topological polar surface area (TPSA) is 25.4 Å². The summed E-state index contributed by atoms with van der Waals surface area (Å²) in [5, 5.41) is 1.54. The first-order chi connectivity index (χ1) is 8.22. The number of ether oxygens (including phenoxy) is 1. The van der Waals surface area contributed by atoms with E-state index in [2.05, 4.69) is 16.0 Å². The van der Waals surface area contributed by atoms with Gasteiger partial charge in [-0.05, 0) is 31.2 Å². The number of piperidine rings is 1. The number of methoxy groups -OCH3 is 1. The molecule has 0 bridgehead atoms. The van der Waals surface area contributed by atoms with Crippen LogP contribution >= 0.6 is 23.4 Å². The molecule has 3 nitrogen and oxygen atoms in total. The zero-order chi connectivity index (χ0) is 12.3. The molecular formula is C12H17ClN2OS. The molecule has 0 spiro atoms. The van der Waals surface area contributed by atoms with E-state index < -0.39 is 0 Å². The fourth-order valence-corrected chi connectivity index (χ4v) is 2.78. The van der Waals surface area contributed by atoms with E-state index in [0.29, 0.717) is 11.3 Å². The predicted octanol–water partition coefficient (Wildman–Crippen LogP) is 3.07. The van der Waals surface area contributed by atoms with E-state index in [0.717, 1.165) is 31.0 Å². The minimum absolute atomic E-state index is 0.406. The van der Waals surface area contributed by atoms with Crippen LogP contribution in [0.3, 0.4) is 0 Å². The highest BCUT2D eigenvalue weighted by atomic mass is 35.5. The number of rotatable bonds is 3. The Morgan fingerprint density at radius 3 is 2.71 bits per heavy atom. The van der Waals surface area contributed by atoms with Crippen LogP contribution in [0.5, 0.6) is 0 Å². The lowest BCUT2D eigenvalue weighted by atomic mass is 10.1. The smallest absolute Gasteiger partial charge is 0.132 e. The van der Waals surface area contributed by atoms with Crippen molar-refractivity contribution in [3.8, 4) is 0 Å². The van der Waals surface area contributed by atoms with Crippen LogP contribution < -0.4 is 4.90 Å². The van der Waals surface area contributed by atoms with E-state index >= 15 is 0 Å². The molecule has 5 heteroatoms. The van der Waals surface area contributed by atoms with E-state index in [9.17, 15) is 0 Å². The molecule has 0 saturated carbocycles. The van der Waals surface area contributed by atoms with Gasteiger partial charge in [0, 0.05) is 25.9 Å². The zero-order valence-electron chi connectivity index (χ0n) is 10.1. The van der Waals surface area contributed by atoms with Crippen molar-refractivity contribution >= 4 is 29.1 Å². The van der Waals surface area contributed by atoms with Crippen LogP contribution in [0.25, 0.3) is 0 Å². The third kappa shape index (κ3) is 3.27. The first-order valence-corrected chi connectivity index (χ1v) is 7.32. The highest BCUT2D eigenvalue weighted by Gasteiger charge is 2.19. The van der Waals surface area contributed by atoms with Gasteiger partial charge in [-0.15, -0.1) is 11.8 Å². The number of nitrogens with zero attached hydrogens (tertiary/aromatic N) is 2. The van der Waals surface area contributed by atoms with Crippen LogP contribution in [0.1, 0.15) is 12.8 Å². The molecule has 1 fully saturated rings. The summed E-state index contributed by atoms with van der Waals surface area (Å²) in [6, 6.07) is 4.04. The van der Waals surface area contributed by atoms with E-state index in [-0.39, 0.29) is 0 Å². The number of hydrogen-bond acceptors (Lipinski definition) is 4. The molecule has 94 valence electrons. The van der Waals surface area contributed by atoms with Gasteiger partial charge >= 0.3 is 0 Å². The maximum atomic E-state index is 6.03. The summed E-state index contributed by atoms with van der Waals surface area (Å²) in [7, 11) is 1.79. The van der Waals surface area contributed by atoms with E-state index in [1.165, 1.54) is 5.69 Å². The Labute approximate surface area is 111 Å². The summed E-state index contributed by atoms with van der Waals surface area (Å²) in [6.45, 7) is 2.04. The average molecular weight is 273 g/mol. The van der Waals surface area contributed by atoms with Gasteiger partial charge in [0.05, 0.1) is 11.1 Å². The Bertz CT molecular complexity index is 381. The van der Waals surface area contributed by atoms with Crippen molar-refractivity contribution in [2.75, 3.05) is 31.4 Å². The summed E-state index contributed by atoms with van der Waals surface area (Å²) in [4.78, 5) is 6.61. The van der Waals surface area contributed by atoms with E-state index in [1.54, 1.807) is 18.9 Å². The average Bonchev–Trinajstić information content (AvgIpc) is 2.38. The fourth-order valence-electron chi connectivity index (χ4n) is 2.10. The molecule has 1 saturated heterocycles. The van der Waals surface area contributed by atoms with Gasteiger partial charge in [0.2, 0.25) is 0 Å². The van der Waals surface area contributed by atoms with Crippen LogP contribution in [0, 0.1) is 0 Å². The lowest BCUT2D eigenvalue weighted by Crippen LogP contribution is -2.36. The lowest BCUT2D eigenvalue weighted by Gasteiger charge is -2.33. The predicted molar refractivity (Wildman–Crippen MR) is 73.3 cm³/mol. The Kier molecular flexibility index (Phi) is 4.54. The largest absolute Gasteiger partial charge is 0.381 e. The van der Waals surface area contributed by atoms with Gasteiger partial charge in [0.15, 0.2) is 0 Å². The molecule has 1 aliphatic rings. The second-order valence-electron chi connectivity index (χ2n) is 4.11. The van der Waals surface area contributed by atoms with Crippen LogP contribution in [0.15, 0.2) is 17.2 Å². The molecule has 2 heterocycles. The first-order valence-electron chi connectivity index (χ1n) is 5.72. The molecule has 17 heavy (non-hydrogen) atoms. The van der Waals surface area contributed by atoms with Crippen LogP contribution in [-0.4, -0.2) is 37.5 Å². The van der Waals surface area contributed by atoms with Gasteiger partial charge in [-0.3, -0.25) is 0 Å². The molecule has 0 amide bonds. The quantitative estimate of drug-likeness (QED) is 0.624. The second kappa shape index (κ2) is 5.94. The van der Waals surface area contributed by atoms with Crippen molar-refractivity contribution < 1.29 is 4.74 Å². The zero-order valence-corrected chi connectivity index (χ0v) is 11.7. The fraction of sp³-hybridized carbons (Fsp3) is 0.583.